The molecule has 100 valence electrons. The molecule has 1 aromatic rings. The first kappa shape index (κ1) is 13.5. The van der Waals surface area contributed by atoms with Gasteiger partial charge in [0.2, 0.25) is 0 Å². The predicted octanol–water partition coefficient (Wildman–Crippen LogP) is 4.00. The Hall–Kier alpha value is -0.890. The van der Waals surface area contributed by atoms with E-state index in [2.05, 4.69) is 18.7 Å². The minimum Gasteiger partial charge on any atom is -0.299 e. The smallest absolute Gasteiger partial charge is 0.127 e. The zero-order chi connectivity index (χ0) is 13.1. The van der Waals surface area contributed by atoms with E-state index in [1.54, 1.807) is 6.07 Å². The summed E-state index contributed by atoms with van der Waals surface area (Å²) in [6.07, 6.45) is 2.57. The zero-order valence-electron chi connectivity index (χ0n) is 11.7. The van der Waals surface area contributed by atoms with Crippen LogP contribution in [0.15, 0.2) is 18.2 Å². The van der Waals surface area contributed by atoms with Gasteiger partial charge in [-0.2, -0.15) is 0 Å². The van der Waals surface area contributed by atoms with Crippen LogP contribution in [-0.4, -0.2) is 18.0 Å². The SMILES string of the molecule is Cc1ccc(F)c(CN2CCC[C@@H](C(C)C)C2)c1. The van der Waals surface area contributed by atoms with Crippen molar-refractivity contribution in [2.24, 2.45) is 11.8 Å². The lowest BCUT2D eigenvalue weighted by atomic mass is 9.88. The number of benzene rings is 1. The monoisotopic (exact) mass is 249 g/mol. The van der Waals surface area contributed by atoms with E-state index in [4.69, 9.17) is 0 Å². The molecule has 1 aromatic carbocycles. The van der Waals surface area contributed by atoms with Crippen molar-refractivity contribution < 1.29 is 4.39 Å². The second-order valence-corrected chi connectivity index (χ2v) is 5.98. The van der Waals surface area contributed by atoms with Crippen LogP contribution in [0.3, 0.4) is 0 Å². The summed E-state index contributed by atoms with van der Waals surface area (Å²) >= 11 is 0. The Morgan fingerprint density at radius 3 is 2.89 bits per heavy atom. The second-order valence-electron chi connectivity index (χ2n) is 5.98. The Balaban J connectivity index is 2.02. The number of rotatable bonds is 3. The standard InChI is InChI=1S/C16H24FN/c1-12(2)14-5-4-8-18(10-14)11-15-9-13(3)6-7-16(15)17/h6-7,9,12,14H,4-5,8,10-11H2,1-3H3/t14-/m1/s1. The van der Waals surface area contributed by atoms with Gasteiger partial charge in [-0.15, -0.1) is 0 Å². The van der Waals surface area contributed by atoms with Crippen LogP contribution in [0, 0.1) is 24.6 Å². The minimum absolute atomic E-state index is 0.0627. The van der Waals surface area contributed by atoms with Crippen LogP contribution in [0.25, 0.3) is 0 Å². The molecular formula is C16H24FN. The van der Waals surface area contributed by atoms with Crippen LogP contribution in [0.2, 0.25) is 0 Å². The Morgan fingerprint density at radius 2 is 2.17 bits per heavy atom. The first-order chi connectivity index (χ1) is 8.56. The van der Waals surface area contributed by atoms with Gasteiger partial charge in [0.15, 0.2) is 0 Å². The van der Waals surface area contributed by atoms with Gasteiger partial charge in [0.05, 0.1) is 0 Å². The number of piperidine rings is 1. The first-order valence-corrected chi connectivity index (χ1v) is 7.03. The lowest BCUT2D eigenvalue weighted by molar-refractivity contribution is 0.138. The summed E-state index contributed by atoms with van der Waals surface area (Å²) in [5, 5.41) is 0. The van der Waals surface area contributed by atoms with Crippen molar-refractivity contribution in [3.63, 3.8) is 0 Å². The molecule has 0 N–H and O–H groups in total. The number of likely N-dealkylation sites (tertiary alicyclic amines) is 1. The van der Waals surface area contributed by atoms with E-state index in [0.717, 1.165) is 42.6 Å². The lowest BCUT2D eigenvalue weighted by Crippen LogP contribution is -2.37. The van der Waals surface area contributed by atoms with Crippen LogP contribution >= 0.6 is 0 Å². The molecule has 2 rings (SSSR count). The Morgan fingerprint density at radius 1 is 1.39 bits per heavy atom. The van der Waals surface area contributed by atoms with E-state index in [-0.39, 0.29) is 5.82 Å². The van der Waals surface area contributed by atoms with Crippen molar-refractivity contribution in [3.8, 4) is 0 Å². The molecule has 1 aliphatic rings. The predicted molar refractivity (Wildman–Crippen MR) is 74.0 cm³/mol. The van der Waals surface area contributed by atoms with Gasteiger partial charge >= 0.3 is 0 Å². The van der Waals surface area contributed by atoms with Crippen molar-refractivity contribution in [2.75, 3.05) is 13.1 Å². The molecule has 0 radical (unpaired) electrons. The van der Waals surface area contributed by atoms with Crippen LogP contribution in [0.1, 0.15) is 37.8 Å². The molecule has 0 bridgehead atoms. The highest BCUT2D eigenvalue weighted by molar-refractivity contribution is 5.24. The van der Waals surface area contributed by atoms with E-state index in [0.29, 0.717) is 0 Å². The summed E-state index contributed by atoms with van der Waals surface area (Å²) in [6.45, 7) is 9.59. The third-order valence-electron chi connectivity index (χ3n) is 4.08. The second kappa shape index (κ2) is 5.83. The van der Waals surface area contributed by atoms with Crippen LogP contribution in [0.5, 0.6) is 0 Å². The fraction of sp³-hybridized carbons (Fsp3) is 0.625. The third-order valence-corrected chi connectivity index (χ3v) is 4.08. The largest absolute Gasteiger partial charge is 0.299 e. The number of hydrogen-bond donors (Lipinski definition) is 0. The molecule has 1 atom stereocenters. The summed E-state index contributed by atoms with van der Waals surface area (Å²) in [5.41, 5.74) is 1.99. The molecule has 0 saturated carbocycles. The average molecular weight is 249 g/mol. The van der Waals surface area contributed by atoms with E-state index in [9.17, 15) is 4.39 Å². The number of nitrogens with zero attached hydrogens (tertiary/aromatic N) is 1. The molecule has 0 unspecified atom stereocenters. The van der Waals surface area contributed by atoms with Crippen molar-refractivity contribution in [2.45, 2.75) is 40.2 Å². The minimum atomic E-state index is -0.0627. The van der Waals surface area contributed by atoms with Crippen LogP contribution in [-0.2, 0) is 6.54 Å². The summed E-state index contributed by atoms with van der Waals surface area (Å²) in [7, 11) is 0. The summed E-state index contributed by atoms with van der Waals surface area (Å²) in [6, 6.07) is 5.41. The van der Waals surface area contributed by atoms with Crippen molar-refractivity contribution in [1.82, 2.24) is 4.90 Å². The highest BCUT2D eigenvalue weighted by atomic mass is 19.1. The third kappa shape index (κ3) is 3.32. The normalized spacial score (nSPS) is 21.5. The molecule has 1 nitrogen and oxygen atoms in total. The van der Waals surface area contributed by atoms with Gasteiger partial charge < -0.3 is 0 Å². The van der Waals surface area contributed by atoms with Gasteiger partial charge in [-0.3, -0.25) is 4.90 Å². The van der Waals surface area contributed by atoms with E-state index < -0.39 is 0 Å². The summed E-state index contributed by atoms with van der Waals surface area (Å²) < 4.78 is 13.8. The van der Waals surface area contributed by atoms with Crippen molar-refractivity contribution in [1.29, 1.82) is 0 Å². The fourth-order valence-electron chi connectivity index (χ4n) is 2.84. The summed E-state index contributed by atoms with van der Waals surface area (Å²) in [4.78, 5) is 2.41. The molecule has 1 aliphatic heterocycles. The maximum atomic E-state index is 13.8. The summed E-state index contributed by atoms with van der Waals surface area (Å²) in [5.74, 6) is 1.44. The number of hydrogen-bond acceptors (Lipinski definition) is 1. The Labute approximate surface area is 110 Å². The van der Waals surface area contributed by atoms with Gasteiger partial charge in [-0.05, 0) is 44.2 Å². The molecule has 1 saturated heterocycles. The molecule has 0 aromatic heterocycles. The molecule has 0 aliphatic carbocycles. The molecule has 18 heavy (non-hydrogen) atoms. The Bertz CT molecular complexity index is 400. The molecule has 1 fully saturated rings. The highest BCUT2D eigenvalue weighted by Crippen LogP contribution is 2.25. The molecule has 0 spiro atoms. The topological polar surface area (TPSA) is 3.24 Å². The molecular weight excluding hydrogens is 225 g/mol. The van der Waals surface area contributed by atoms with Gasteiger partial charge in [0.1, 0.15) is 5.82 Å². The maximum absolute atomic E-state index is 13.8. The highest BCUT2D eigenvalue weighted by Gasteiger charge is 2.22. The van der Waals surface area contributed by atoms with Crippen LogP contribution < -0.4 is 0 Å². The molecule has 0 amide bonds. The van der Waals surface area contributed by atoms with Gasteiger partial charge in [0.25, 0.3) is 0 Å². The Kier molecular flexibility index (Phi) is 4.39. The van der Waals surface area contributed by atoms with E-state index in [1.807, 2.05) is 19.1 Å². The zero-order valence-corrected chi connectivity index (χ0v) is 11.7. The van der Waals surface area contributed by atoms with Gasteiger partial charge in [0, 0.05) is 18.7 Å². The average Bonchev–Trinajstić information content (AvgIpc) is 2.34. The van der Waals surface area contributed by atoms with Crippen LogP contribution in [0.4, 0.5) is 4.39 Å². The van der Waals surface area contributed by atoms with Gasteiger partial charge in [-0.25, -0.2) is 4.39 Å². The molecule has 2 heteroatoms. The molecule has 1 heterocycles. The fourth-order valence-corrected chi connectivity index (χ4v) is 2.84. The quantitative estimate of drug-likeness (QED) is 0.782. The number of halogens is 1. The number of aryl methyl sites for hydroxylation is 1. The first-order valence-electron chi connectivity index (χ1n) is 7.03. The van der Waals surface area contributed by atoms with E-state index >= 15 is 0 Å². The van der Waals surface area contributed by atoms with Gasteiger partial charge in [-0.1, -0.05) is 31.5 Å². The van der Waals surface area contributed by atoms with E-state index in [1.165, 1.54) is 12.8 Å². The maximum Gasteiger partial charge on any atom is 0.127 e. The lowest BCUT2D eigenvalue weighted by Gasteiger charge is -2.34. The van der Waals surface area contributed by atoms with Crippen molar-refractivity contribution >= 4 is 0 Å². The van der Waals surface area contributed by atoms with Crippen molar-refractivity contribution in [3.05, 3.63) is 35.1 Å².